The van der Waals surface area contributed by atoms with Gasteiger partial charge in [-0.1, -0.05) is 30.0 Å². The molecule has 3 rings (SSSR count). The minimum absolute atomic E-state index is 0.115. The Hall–Kier alpha value is -2.80. The largest absolute Gasteiger partial charge is 0.377 e. The molecular formula is C19H21N5OS. The first-order valence-electron chi connectivity index (χ1n) is 8.20. The highest BCUT2D eigenvalue weighted by Gasteiger charge is 2.13. The SMILES string of the molecule is Cc1cc(NC(=O)c2ccccc2CSc2ncn[nH]2)ccc1N(C)C. The molecule has 7 heteroatoms. The fraction of sp³-hybridized carbons (Fsp3) is 0.211. The van der Waals surface area contributed by atoms with E-state index in [9.17, 15) is 4.79 Å². The molecule has 0 radical (unpaired) electrons. The highest BCUT2D eigenvalue weighted by molar-refractivity contribution is 7.98. The van der Waals surface area contributed by atoms with Crippen molar-refractivity contribution in [1.82, 2.24) is 15.2 Å². The third kappa shape index (κ3) is 4.23. The van der Waals surface area contributed by atoms with Gasteiger partial charge in [0, 0.05) is 36.8 Å². The predicted octanol–water partition coefficient (Wildman–Crippen LogP) is 3.72. The second-order valence-electron chi connectivity index (χ2n) is 6.09. The van der Waals surface area contributed by atoms with Crippen LogP contribution in [0.1, 0.15) is 21.5 Å². The Labute approximate surface area is 157 Å². The zero-order valence-corrected chi connectivity index (χ0v) is 15.8. The summed E-state index contributed by atoms with van der Waals surface area (Å²) in [6, 6.07) is 13.5. The second-order valence-corrected chi connectivity index (χ2v) is 7.05. The Kier molecular flexibility index (Phi) is 5.58. The summed E-state index contributed by atoms with van der Waals surface area (Å²) in [7, 11) is 4.01. The number of anilines is 2. The minimum Gasteiger partial charge on any atom is -0.377 e. The average Bonchev–Trinajstić information content (AvgIpc) is 3.13. The molecule has 26 heavy (non-hydrogen) atoms. The fourth-order valence-electron chi connectivity index (χ4n) is 2.71. The van der Waals surface area contributed by atoms with E-state index < -0.39 is 0 Å². The lowest BCUT2D eigenvalue weighted by Crippen LogP contribution is -2.15. The van der Waals surface area contributed by atoms with Gasteiger partial charge in [-0.2, -0.15) is 5.10 Å². The van der Waals surface area contributed by atoms with Crippen molar-refractivity contribution in [2.24, 2.45) is 0 Å². The van der Waals surface area contributed by atoms with Crippen LogP contribution in [0.2, 0.25) is 0 Å². The number of nitrogens with one attached hydrogen (secondary N) is 2. The number of nitrogens with zero attached hydrogens (tertiary/aromatic N) is 3. The van der Waals surface area contributed by atoms with E-state index in [1.807, 2.05) is 63.5 Å². The first kappa shape index (κ1) is 18.0. The minimum atomic E-state index is -0.115. The van der Waals surface area contributed by atoms with Gasteiger partial charge in [0.1, 0.15) is 6.33 Å². The second kappa shape index (κ2) is 8.05. The number of rotatable bonds is 6. The third-order valence-electron chi connectivity index (χ3n) is 3.96. The van der Waals surface area contributed by atoms with Crippen LogP contribution in [0.25, 0.3) is 0 Å². The van der Waals surface area contributed by atoms with Crippen molar-refractivity contribution in [1.29, 1.82) is 0 Å². The van der Waals surface area contributed by atoms with Crippen molar-refractivity contribution in [3.63, 3.8) is 0 Å². The zero-order valence-electron chi connectivity index (χ0n) is 15.0. The summed E-state index contributed by atoms with van der Waals surface area (Å²) in [5, 5.41) is 10.4. The van der Waals surface area contributed by atoms with Gasteiger partial charge in [-0.25, -0.2) is 4.98 Å². The van der Waals surface area contributed by atoms with Crippen molar-refractivity contribution < 1.29 is 4.79 Å². The lowest BCUT2D eigenvalue weighted by atomic mass is 10.1. The van der Waals surface area contributed by atoms with Gasteiger partial charge in [-0.15, -0.1) is 0 Å². The van der Waals surface area contributed by atoms with Gasteiger partial charge in [0.25, 0.3) is 5.91 Å². The lowest BCUT2D eigenvalue weighted by molar-refractivity contribution is 0.102. The van der Waals surface area contributed by atoms with E-state index >= 15 is 0 Å². The van der Waals surface area contributed by atoms with Crippen LogP contribution in [-0.2, 0) is 5.75 Å². The van der Waals surface area contributed by atoms with Crippen LogP contribution in [0.4, 0.5) is 11.4 Å². The zero-order chi connectivity index (χ0) is 18.5. The molecule has 0 unspecified atom stereocenters. The maximum Gasteiger partial charge on any atom is 0.255 e. The molecule has 6 nitrogen and oxygen atoms in total. The van der Waals surface area contributed by atoms with E-state index in [0.717, 1.165) is 27.7 Å². The molecule has 1 heterocycles. The normalized spacial score (nSPS) is 10.6. The molecule has 0 fully saturated rings. The molecule has 0 spiro atoms. The summed E-state index contributed by atoms with van der Waals surface area (Å²) in [5.74, 6) is 0.521. The topological polar surface area (TPSA) is 73.9 Å². The van der Waals surface area contributed by atoms with Crippen molar-refractivity contribution in [2.75, 3.05) is 24.3 Å². The molecule has 2 N–H and O–H groups in total. The van der Waals surface area contributed by atoms with Crippen LogP contribution in [-0.4, -0.2) is 35.2 Å². The van der Waals surface area contributed by atoms with Gasteiger partial charge in [0.2, 0.25) is 0 Å². The van der Waals surface area contributed by atoms with Gasteiger partial charge in [0.05, 0.1) is 0 Å². The molecule has 0 aliphatic heterocycles. The van der Waals surface area contributed by atoms with Crippen molar-refractivity contribution in [2.45, 2.75) is 17.8 Å². The molecule has 1 aromatic heterocycles. The quantitative estimate of drug-likeness (QED) is 0.650. The van der Waals surface area contributed by atoms with Gasteiger partial charge in [-0.3, -0.25) is 9.89 Å². The number of thioether (sulfide) groups is 1. The summed E-state index contributed by atoms with van der Waals surface area (Å²) >= 11 is 1.51. The van der Waals surface area contributed by atoms with Gasteiger partial charge >= 0.3 is 0 Å². The standard InChI is InChI=1S/C19H21N5OS/c1-13-10-15(8-9-17(13)24(2)3)22-18(25)16-7-5-4-6-14(16)11-26-19-20-12-21-23-19/h4-10,12H,11H2,1-3H3,(H,22,25)(H,20,21,23). The molecular weight excluding hydrogens is 346 g/mol. The molecule has 0 bridgehead atoms. The maximum absolute atomic E-state index is 12.8. The van der Waals surface area contributed by atoms with Crippen LogP contribution in [0, 0.1) is 6.92 Å². The Bertz CT molecular complexity index is 893. The highest BCUT2D eigenvalue weighted by atomic mass is 32.2. The number of aromatic amines is 1. The highest BCUT2D eigenvalue weighted by Crippen LogP contribution is 2.24. The van der Waals surface area contributed by atoms with Crippen molar-refractivity contribution in [3.8, 4) is 0 Å². The number of amides is 1. The Morgan fingerprint density at radius 2 is 2.04 bits per heavy atom. The molecule has 0 saturated heterocycles. The van der Waals surface area contributed by atoms with E-state index in [0.29, 0.717) is 11.3 Å². The van der Waals surface area contributed by atoms with Crippen molar-refractivity contribution in [3.05, 3.63) is 65.5 Å². The summed E-state index contributed by atoms with van der Waals surface area (Å²) in [6.45, 7) is 2.03. The Morgan fingerprint density at radius 3 is 2.73 bits per heavy atom. The molecule has 3 aromatic rings. The van der Waals surface area contributed by atoms with E-state index in [2.05, 4.69) is 25.4 Å². The number of benzene rings is 2. The molecule has 0 aliphatic rings. The van der Waals surface area contributed by atoms with Gasteiger partial charge in [0.15, 0.2) is 5.16 Å². The monoisotopic (exact) mass is 367 g/mol. The molecule has 0 saturated carbocycles. The third-order valence-corrected chi connectivity index (χ3v) is 4.88. The van der Waals surface area contributed by atoms with Crippen LogP contribution in [0.3, 0.4) is 0 Å². The van der Waals surface area contributed by atoms with Gasteiger partial charge in [-0.05, 0) is 42.3 Å². The molecule has 1 amide bonds. The first-order chi connectivity index (χ1) is 12.5. The lowest BCUT2D eigenvalue weighted by Gasteiger charge is -2.17. The molecule has 134 valence electrons. The smallest absolute Gasteiger partial charge is 0.255 e. The summed E-state index contributed by atoms with van der Waals surface area (Å²) in [6.07, 6.45) is 1.47. The van der Waals surface area contributed by atoms with Crippen LogP contribution >= 0.6 is 11.8 Å². The van der Waals surface area contributed by atoms with Crippen molar-refractivity contribution >= 4 is 29.0 Å². The van der Waals surface area contributed by atoms with E-state index in [1.165, 1.54) is 18.1 Å². The molecule has 0 atom stereocenters. The Balaban J connectivity index is 1.74. The number of hydrogen-bond acceptors (Lipinski definition) is 5. The Morgan fingerprint density at radius 1 is 1.23 bits per heavy atom. The van der Waals surface area contributed by atoms with Crippen LogP contribution in [0.5, 0.6) is 0 Å². The number of carbonyl (C=O) groups is 1. The van der Waals surface area contributed by atoms with E-state index in [4.69, 9.17) is 0 Å². The summed E-state index contributed by atoms with van der Waals surface area (Å²) in [4.78, 5) is 18.9. The molecule has 2 aromatic carbocycles. The maximum atomic E-state index is 12.8. The summed E-state index contributed by atoms with van der Waals surface area (Å²) < 4.78 is 0. The van der Waals surface area contributed by atoms with Crippen LogP contribution in [0.15, 0.2) is 53.9 Å². The van der Waals surface area contributed by atoms with E-state index in [-0.39, 0.29) is 5.91 Å². The number of hydrogen-bond donors (Lipinski definition) is 2. The van der Waals surface area contributed by atoms with Gasteiger partial charge < -0.3 is 10.2 Å². The average molecular weight is 367 g/mol. The fourth-order valence-corrected chi connectivity index (χ4v) is 3.49. The number of aryl methyl sites for hydroxylation is 1. The number of H-pyrrole nitrogens is 1. The molecule has 0 aliphatic carbocycles. The number of carbonyl (C=O) groups excluding carboxylic acids is 1. The predicted molar refractivity (Wildman–Crippen MR) is 106 cm³/mol. The van der Waals surface area contributed by atoms with Crippen LogP contribution < -0.4 is 10.2 Å². The van der Waals surface area contributed by atoms with E-state index in [1.54, 1.807) is 0 Å². The summed E-state index contributed by atoms with van der Waals surface area (Å²) in [5.41, 5.74) is 4.64. The number of aromatic nitrogens is 3. The first-order valence-corrected chi connectivity index (χ1v) is 9.18.